The van der Waals surface area contributed by atoms with Crippen molar-refractivity contribution in [2.45, 2.75) is 30.4 Å². The summed E-state index contributed by atoms with van der Waals surface area (Å²) in [5, 5.41) is 35.9. The van der Waals surface area contributed by atoms with E-state index in [0.29, 0.717) is 27.7 Å². The van der Waals surface area contributed by atoms with Crippen LogP contribution in [0.4, 0.5) is 41.7 Å². The van der Waals surface area contributed by atoms with E-state index in [1.54, 1.807) is 6.08 Å². The molecule has 3 aromatic carbocycles. The van der Waals surface area contributed by atoms with Crippen molar-refractivity contribution in [1.29, 1.82) is 0 Å². The van der Waals surface area contributed by atoms with Crippen molar-refractivity contribution in [1.82, 2.24) is 9.99 Å². The highest BCUT2D eigenvalue weighted by Gasteiger charge is 2.71. The van der Waals surface area contributed by atoms with Crippen LogP contribution < -0.4 is 20.0 Å². The van der Waals surface area contributed by atoms with E-state index in [2.05, 4.69) is 42.3 Å². The zero-order chi connectivity index (χ0) is 47.3. The number of methoxy groups -OCH3 is 1. The molecule has 6 atom stereocenters. The van der Waals surface area contributed by atoms with Crippen molar-refractivity contribution in [3.63, 3.8) is 0 Å². The Balaban J connectivity index is 1.34. The molecule has 0 unspecified atom stereocenters. The Labute approximate surface area is 391 Å². The number of nitrogens with one attached hydrogen (secondary N) is 1. The number of pyridine rings is 1. The molecular formula is C41H30Br2Cl2F3N7O10. The van der Waals surface area contributed by atoms with Crippen molar-refractivity contribution in [3.8, 4) is 11.5 Å². The molecule has 2 N–H and O–H groups in total. The highest BCUT2D eigenvalue weighted by atomic mass is 79.9. The van der Waals surface area contributed by atoms with Crippen LogP contribution in [-0.4, -0.2) is 69.8 Å². The summed E-state index contributed by atoms with van der Waals surface area (Å²) in [7, 11) is 3.99. The van der Waals surface area contributed by atoms with Gasteiger partial charge in [0.2, 0.25) is 11.8 Å². The van der Waals surface area contributed by atoms with Crippen LogP contribution in [0, 0.1) is 43.9 Å². The number of ether oxygens (including phenoxy) is 1. The van der Waals surface area contributed by atoms with Crippen LogP contribution in [0.15, 0.2) is 75.3 Å². The number of nitro benzene ring substituents is 2. The van der Waals surface area contributed by atoms with Crippen LogP contribution in [0.3, 0.4) is 0 Å². The summed E-state index contributed by atoms with van der Waals surface area (Å²) >= 11 is 19.6. The van der Waals surface area contributed by atoms with E-state index < -0.39 is 108 Å². The number of imide groups is 2. The average Bonchev–Trinajstić information content (AvgIpc) is 3.63. The number of phenols is 1. The Kier molecular flexibility index (Phi) is 11.4. The summed E-state index contributed by atoms with van der Waals surface area (Å²) in [5.41, 5.74) is -2.09. The van der Waals surface area contributed by atoms with E-state index in [1.165, 1.54) is 51.5 Å². The van der Waals surface area contributed by atoms with Crippen LogP contribution in [0.25, 0.3) is 0 Å². The molecule has 0 spiro atoms. The average molecular weight is 1070 g/mol. The van der Waals surface area contributed by atoms with Crippen molar-refractivity contribution in [2.75, 3.05) is 36.4 Å². The smallest absolute Gasteiger partial charge is 0.417 e. The van der Waals surface area contributed by atoms with Crippen LogP contribution in [0.1, 0.15) is 35.4 Å². The number of alkyl halides is 3. The molecule has 2 saturated heterocycles. The molecule has 4 aromatic rings. The maximum Gasteiger partial charge on any atom is 0.417 e. The van der Waals surface area contributed by atoms with Gasteiger partial charge in [0.25, 0.3) is 11.8 Å². The summed E-state index contributed by atoms with van der Waals surface area (Å²) in [5.74, 6) is -10.7. The number of carbonyl (C=O) groups excluding carboxylic acids is 4. The molecule has 4 amide bonds. The van der Waals surface area contributed by atoms with Gasteiger partial charge in [0, 0.05) is 47.8 Å². The molecule has 338 valence electrons. The van der Waals surface area contributed by atoms with Crippen LogP contribution in [-0.2, 0) is 30.8 Å². The summed E-state index contributed by atoms with van der Waals surface area (Å²) in [6.07, 6.45) is -3.15. The van der Waals surface area contributed by atoms with Crippen molar-refractivity contribution >= 4 is 107 Å². The molecule has 0 radical (unpaired) electrons. The number of rotatable bonds is 9. The molecule has 3 fully saturated rings. The second kappa shape index (κ2) is 16.2. The van der Waals surface area contributed by atoms with Crippen molar-refractivity contribution < 1.29 is 52.0 Å². The van der Waals surface area contributed by atoms with Crippen molar-refractivity contribution in [3.05, 3.63) is 122 Å². The van der Waals surface area contributed by atoms with E-state index in [0.717, 1.165) is 17.0 Å². The van der Waals surface area contributed by atoms with E-state index in [9.17, 15) is 48.1 Å². The molecule has 3 heterocycles. The Morgan fingerprint density at radius 3 is 2.14 bits per heavy atom. The number of allylic oxidation sites excluding steroid dienone is 2. The number of fused-ring (bicyclic) bond motifs is 4. The fraction of sp³-hybridized carbons (Fsp3) is 0.293. The van der Waals surface area contributed by atoms with E-state index in [-0.39, 0.29) is 55.1 Å². The lowest BCUT2D eigenvalue weighted by molar-refractivity contribution is -0.392. The molecule has 2 aliphatic heterocycles. The largest absolute Gasteiger partial charge is 0.503 e. The van der Waals surface area contributed by atoms with Crippen molar-refractivity contribution in [2.24, 2.45) is 23.7 Å². The highest BCUT2D eigenvalue weighted by molar-refractivity contribution is 9.13. The van der Waals surface area contributed by atoms with E-state index >= 15 is 9.59 Å². The zero-order valence-electron chi connectivity index (χ0n) is 33.5. The monoisotopic (exact) mass is 1060 g/mol. The predicted molar refractivity (Wildman–Crippen MR) is 234 cm³/mol. The lowest BCUT2D eigenvalue weighted by Crippen LogP contribution is -2.53. The second-order valence-corrected chi connectivity index (χ2v) is 18.2. The predicted octanol–water partition coefficient (Wildman–Crippen LogP) is 8.72. The third kappa shape index (κ3) is 6.98. The number of hydrazine groups is 1. The highest BCUT2D eigenvalue weighted by Crippen LogP contribution is 2.66. The number of aromatic hydroxyl groups is 1. The van der Waals surface area contributed by atoms with Gasteiger partial charge in [-0.25, -0.2) is 9.88 Å². The Morgan fingerprint density at radius 1 is 0.954 bits per heavy atom. The number of aromatic nitrogens is 1. The summed E-state index contributed by atoms with van der Waals surface area (Å²) in [6.45, 7) is 0. The van der Waals surface area contributed by atoms with Gasteiger partial charge in [0.05, 0.1) is 60.9 Å². The molecule has 0 bridgehead atoms. The summed E-state index contributed by atoms with van der Waals surface area (Å²) in [6, 6.07) is 9.82. The lowest BCUT2D eigenvalue weighted by atomic mass is 9.49. The minimum absolute atomic E-state index is 0.0706. The van der Waals surface area contributed by atoms with Gasteiger partial charge in [-0.1, -0.05) is 47.0 Å². The number of nitro groups is 2. The lowest BCUT2D eigenvalue weighted by Gasteiger charge is -2.51. The zero-order valence-corrected chi connectivity index (χ0v) is 38.2. The number of anilines is 3. The van der Waals surface area contributed by atoms with Gasteiger partial charge in [0.15, 0.2) is 23.0 Å². The molecule has 17 nitrogen and oxygen atoms in total. The molecule has 65 heavy (non-hydrogen) atoms. The topological polar surface area (TPSA) is 219 Å². The van der Waals surface area contributed by atoms with Crippen LogP contribution >= 0.6 is 55.1 Å². The number of hydrogen-bond acceptors (Lipinski definition) is 13. The molecule has 24 heteroatoms. The first kappa shape index (κ1) is 45.7. The van der Waals surface area contributed by atoms with Gasteiger partial charge >= 0.3 is 17.6 Å². The maximum atomic E-state index is 15.6. The molecule has 8 rings (SSSR count). The number of hydrogen-bond donors (Lipinski definition) is 2. The van der Waals surface area contributed by atoms with Gasteiger partial charge in [-0.05, 0) is 86.0 Å². The van der Waals surface area contributed by atoms with Gasteiger partial charge in [-0.15, -0.1) is 0 Å². The first-order chi connectivity index (χ1) is 30.6. The molecule has 4 aliphatic rings. The Hall–Kier alpha value is -5.84. The normalized spacial score (nSPS) is 23.8. The fourth-order valence-corrected chi connectivity index (χ4v) is 11.1. The number of carbonyl (C=O) groups is 4. The quantitative estimate of drug-likeness (QED) is 0.0694. The first-order valence-electron chi connectivity index (χ1n) is 19.2. The molecular weight excluding hydrogens is 1040 g/mol. The van der Waals surface area contributed by atoms with E-state index in [4.69, 9.17) is 27.9 Å². The van der Waals surface area contributed by atoms with Crippen LogP contribution in [0.5, 0.6) is 11.5 Å². The summed E-state index contributed by atoms with van der Waals surface area (Å²) in [4.78, 5) is 88.5. The standard InChI is InChI=1S/C41H30Br2Cl2F3N7O10/c1-51(2)33-26(54(61)62)11-19(12-27(33)55(63)64)52-36(57)21-9-8-20-22(29(21)38(52)59)13-24-37(58)53(50-35-25(45)10-17(15-49-35)41(46,47)48)39(60)40(24,16-4-6-18(44)7-5-16)30(20)23-14-28(65-3)34(56)32(43)31(23)42/h4-8,10-12,14-15,21-22,24,29-30,56H,9,13H2,1-3H3,(H,49,50)/t21-,22+,24-,29-,30+,40+/m0/s1. The third-order valence-electron chi connectivity index (χ3n) is 12.4. The van der Waals surface area contributed by atoms with Gasteiger partial charge in [0.1, 0.15) is 0 Å². The van der Waals surface area contributed by atoms with Gasteiger partial charge in [-0.3, -0.25) is 44.8 Å². The Bertz CT molecular complexity index is 2800. The summed E-state index contributed by atoms with van der Waals surface area (Å²) < 4.78 is 46.6. The number of phenolic OH excluding ortho intramolecular Hbond substituents is 1. The number of benzene rings is 3. The van der Waals surface area contributed by atoms with Gasteiger partial charge < -0.3 is 14.7 Å². The number of halogens is 7. The number of nitrogens with zero attached hydrogens (tertiary/aromatic N) is 6. The minimum Gasteiger partial charge on any atom is -0.503 e. The third-order valence-corrected chi connectivity index (χ3v) is 15.1. The van der Waals surface area contributed by atoms with Gasteiger partial charge in [-0.2, -0.15) is 18.2 Å². The Morgan fingerprint density at radius 2 is 1.58 bits per heavy atom. The minimum atomic E-state index is -4.84. The SMILES string of the molecule is COc1cc([C@H]2C3=CC[C@@H]4C(=O)N(c5cc([N+](=O)[O-])c(N(C)C)c([N+](=O)[O-])c5)C(=O)[C@@H]4[C@@H]3C[C@H]3C(=O)N(Nc4ncc(C(F)(F)F)cc4Cl)C(=O)[C@@]23c2ccc(Cl)cc2)c(Br)c(Br)c1O. The molecule has 1 aromatic heterocycles. The second-order valence-electron chi connectivity index (χ2n) is 15.8. The molecule has 2 aliphatic carbocycles. The first-order valence-corrected chi connectivity index (χ1v) is 21.5. The molecule has 1 saturated carbocycles. The fourth-order valence-electron chi connectivity index (χ4n) is 9.81. The maximum absolute atomic E-state index is 15.6. The van der Waals surface area contributed by atoms with E-state index in [1.807, 2.05) is 0 Å². The van der Waals surface area contributed by atoms with Crippen LogP contribution in [0.2, 0.25) is 10.0 Å². The number of amides is 4.